The first-order valence-electron chi connectivity index (χ1n) is 10.7. The maximum absolute atomic E-state index is 13.1. The molecule has 1 heterocycles. The Balaban J connectivity index is 1.69. The molecule has 0 saturated carbocycles. The zero-order chi connectivity index (χ0) is 22.9. The predicted molar refractivity (Wildman–Crippen MR) is 120 cm³/mol. The number of rotatable bonds is 7. The van der Waals surface area contributed by atoms with E-state index in [0.717, 1.165) is 38.5 Å². The lowest BCUT2D eigenvalue weighted by molar-refractivity contribution is -0.132. The number of carbonyl (C=O) groups excluding carboxylic acids is 2. The second-order valence-corrected chi connectivity index (χ2v) is 8.87. The SMILES string of the molecule is Cc1ccc(C)c(OC[C@H](O)CN2C(=O)N[C@](C)(c3ccc(C(C)C)cc3)C2=O)c1C. The Kier molecular flexibility index (Phi) is 6.41. The average Bonchev–Trinajstić information content (AvgIpc) is 2.95. The largest absolute Gasteiger partial charge is 0.490 e. The quantitative estimate of drug-likeness (QED) is 0.660. The summed E-state index contributed by atoms with van der Waals surface area (Å²) in [5, 5.41) is 13.3. The van der Waals surface area contributed by atoms with Crippen molar-refractivity contribution in [1.29, 1.82) is 0 Å². The van der Waals surface area contributed by atoms with Gasteiger partial charge in [0, 0.05) is 0 Å². The van der Waals surface area contributed by atoms with Gasteiger partial charge < -0.3 is 15.2 Å². The number of carbonyl (C=O) groups is 2. The minimum Gasteiger partial charge on any atom is -0.490 e. The lowest BCUT2D eigenvalue weighted by atomic mass is 9.90. The van der Waals surface area contributed by atoms with Gasteiger partial charge in [-0.15, -0.1) is 0 Å². The van der Waals surface area contributed by atoms with E-state index in [4.69, 9.17) is 4.74 Å². The van der Waals surface area contributed by atoms with E-state index < -0.39 is 17.7 Å². The van der Waals surface area contributed by atoms with Gasteiger partial charge in [-0.05, 0) is 61.4 Å². The van der Waals surface area contributed by atoms with Gasteiger partial charge in [0.15, 0.2) is 0 Å². The minimum atomic E-state index is -1.16. The maximum atomic E-state index is 13.1. The summed E-state index contributed by atoms with van der Waals surface area (Å²) in [6, 6.07) is 11.2. The first-order chi connectivity index (χ1) is 14.5. The van der Waals surface area contributed by atoms with Crippen LogP contribution in [-0.2, 0) is 10.3 Å². The first-order valence-corrected chi connectivity index (χ1v) is 10.7. The van der Waals surface area contributed by atoms with E-state index >= 15 is 0 Å². The van der Waals surface area contributed by atoms with Crippen molar-refractivity contribution in [3.8, 4) is 5.75 Å². The van der Waals surface area contributed by atoms with Crippen molar-refractivity contribution in [3.05, 3.63) is 64.2 Å². The number of urea groups is 1. The fourth-order valence-corrected chi connectivity index (χ4v) is 3.85. The molecule has 3 amide bonds. The molecule has 0 spiro atoms. The summed E-state index contributed by atoms with van der Waals surface area (Å²) in [6.07, 6.45) is -1.00. The first kappa shape index (κ1) is 22.8. The number of hydrogen-bond donors (Lipinski definition) is 2. The Morgan fingerprint density at radius 3 is 2.26 bits per heavy atom. The third-order valence-corrected chi connectivity index (χ3v) is 6.12. The van der Waals surface area contributed by atoms with E-state index in [0.29, 0.717) is 5.92 Å². The number of aliphatic hydroxyl groups excluding tert-OH is 1. The molecule has 1 aliphatic heterocycles. The molecule has 0 radical (unpaired) electrons. The molecule has 166 valence electrons. The zero-order valence-electron chi connectivity index (χ0n) is 19.2. The number of hydrogen-bond acceptors (Lipinski definition) is 4. The lowest BCUT2D eigenvalue weighted by Crippen LogP contribution is -2.42. The molecule has 0 aliphatic carbocycles. The molecule has 6 heteroatoms. The average molecular weight is 425 g/mol. The molecule has 0 unspecified atom stereocenters. The van der Waals surface area contributed by atoms with Gasteiger partial charge in [-0.2, -0.15) is 0 Å². The highest BCUT2D eigenvalue weighted by Crippen LogP contribution is 2.30. The summed E-state index contributed by atoms with van der Waals surface area (Å²) in [5.41, 5.74) is 3.81. The molecular weight excluding hydrogens is 392 g/mol. The van der Waals surface area contributed by atoms with Crippen LogP contribution in [0.15, 0.2) is 36.4 Å². The molecule has 1 fully saturated rings. The van der Waals surface area contributed by atoms with E-state index in [1.807, 2.05) is 57.2 Å². The summed E-state index contributed by atoms with van der Waals surface area (Å²) in [4.78, 5) is 26.7. The highest BCUT2D eigenvalue weighted by molar-refractivity contribution is 6.07. The minimum absolute atomic E-state index is 0.0119. The van der Waals surface area contributed by atoms with Crippen LogP contribution in [0.1, 0.15) is 54.5 Å². The Hall–Kier alpha value is -2.86. The topological polar surface area (TPSA) is 78.9 Å². The van der Waals surface area contributed by atoms with Crippen LogP contribution >= 0.6 is 0 Å². The molecule has 2 atom stereocenters. The molecule has 2 aromatic carbocycles. The molecule has 0 aromatic heterocycles. The summed E-state index contributed by atoms with van der Waals surface area (Å²) < 4.78 is 5.84. The van der Waals surface area contributed by atoms with Gasteiger partial charge in [-0.1, -0.05) is 50.2 Å². The van der Waals surface area contributed by atoms with Gasteiger partial charge in [-0.25, -0.2) is 4.79 Å². The van der Waals surface area contributed by atoms with Gasteiger partial charge in [0.25, 0.3) is 5.91 Å². The van der Waals surface area contributed by atoms with Crippen LogP contribution < -0.4 is 10.1 Å². The monoisotopic (exact) mass is 424 g/mol. The summed E-state index contributed by atoms with van der Waals surface area (Å²) >= 11 is 0. The second kappa shape index (κ2) is 8.71. The van der Waals surface area contributed by atoms with Crippen molar-refractivity contribution in [1.82, 2.24) is 10.2 Å². The van der Waals surface area contributed by atoms with Crippen LogP contribution in [0.4, 0.5) is 4.79 Å². The molecule has 3 rings (SSSR count). The third-order valence-electron chi connectivity index (χ3n) is 6.12. The Morgan fingerprint density at radius 2 is 1.65 bits per heavy atom. The Morgan fingerprint density at radius 1 is 1.03 bits per heavy atom. The lowest BCUT2D eigenvalue weighted by Gasteiger charge is -2.24. The van der Waals surface area contributed by atoms with Crippen molar-refractivity contribution in [3.63, 3.8) is 0 Å². The van der Waals surface area contributed by atoms with Crippen LogP contribution in [0.5, 0.6) is 5.75 Å². The molecule has 1 saturated heterocycles. The van der Waals surface area contributed by atoms with Crippen molar-refractivity contribution in [2.45, 2.75) is 59.1 Å². The van der Waals surface area contributed by atoms with Crippen molar-refractivity contribution < 1.29 is 19.4 Å². The number of benzene rings is 2. The van der Waals surface area contributed by atoms with E-state index in [1.165, 1.54) is 0 Å². The van der Waals surface area contributed by atoms with Crippen molar-refractivity contribution >= 4 is 11.9 Å². The van der Waals surface area contributed by atoms with Crippen LogP contribution in [0, 0.1) is 20.8 Å². The second-order valence-electron chi connectivity index (χ2n) is 8.87. The number of amides is 3. The standard InChI is InChI=1S/C25H32N2O4/c1-15(2)19-9-11-20(12-10-19)25(6)23(29)27(24(30)26-25)13-21(28)14-31-22-17(4)8-7-16(3)18(22)5/h7-12,15,21,28H,13-14H2,1-6H3,(H,26,30)/t21-,25-/m1/s1. The molecular formula is C25H32N2O4. The number of β-amino-alcohol motifs (C(OH)–C–C–N with tert-alkyl or cyclic N) is 1. The third kappa shape index (κ3) is 4.44. The Bertz CT molecular complexity index is 984. The predicted octanol–water partition coefficient (Wildman–Crippen LogP) is 3.94. The van der Waals surface area contributed by atoms with E-state index in [1.54, 1.807) is 6.92 Å². The fraction of sp³-hybridized carbons (Fsp3) is 0.440. The molecule has 2 aromatic rings. The number of ether oxygens (including phenoxy) is 1. The summed E-state index contributed by atoms with van der Waals surface area (Å²) in [5.74, 6) is 0.728. The summed E-state index contributed by atoms with van der Waals surface area (Å²) in [7, 11) is 0. The molecule has 31 heavy (non-hydrogen) atoms. The number of aryl methyl sites for hydroxylation is 2. The van der Waals surface area contributed by atoms with Gasteiger partial charge in [0.05, 0.1) is 6.54 Å². The van der Waals surface area contributed by atoms with E-state index in [9.17, 15) is 14.7 Å². The van der Waals surface area contributed by atoms with Crippen LogP contribution in [-0.4, -0.2) is 41.2 Å². The molecule has 2 N–H and O–H groups in total. The highest BCUT2D eigenvalue weighted by Gasteiger charge is 2.49. The van der Waals surface area contributed by atoms with E-state index in [-0.39, 0.29) is 19.1 Å². The zero-order valence-corrected chi connectivity index (χ0v) is 19.2. The maximum Gasteiger partial charge on any atom is 0.325 e. The van der Waals surface area contributed by atoms with Gasteiger partial charge in [0.2, 0.25) is 0 Å². The molecule has 1 aliphatic rings. The van der Waals surface area contributed by atoms with Crippen LogP contribution in [0.25, 0.3) is 0 Å². The van der Waals surface area contributed by atoms with Gasteiger partial charge in [0.1, 0.15) is 24.0 Å². The number of imide groups is 1. The number of nitrogens with zero attached hydrogens (tertiary/aromatic N) is 1. The fourth-order valence-electron chi connectivity index (χ4n) is 3.85. The number of aliphatic hydroxyl groups is 1. The van der Waals surface area contributed by atoms with Crippen LogP contribution in [0.3, 0.4) is 0 Å². The van der Waals surface area contributed by atoms with Crippen molar-refractivity contribution in [2.24, 2.45) is 0 Å². The summed E-state index contributed by atoms with van der Waals surface area (Å²) in [6.45, 7) is 11.7. The smallest absolute Gasteiger partial charge is 0.325 e. The molecule has 6 nitrogen and oxygen atoms in total. The van der Waals surface area contributed by atoms with E-state index in [2.05, 4.69) is 19.2 Å². The Labute approximate surface area is 184 Å². The van der Waals surface area contributed by atoms with Crippen molar-refractivity contribution in [2.75, 3.05) is 13.2 Å². The molecule has 0 bridgehead atoms. The number of nitrogens with one attached hydrogen (secondary N) is 1. The van der Waals surface area contributed by atoms with Gasteiger partial charge >= 0.3 is 6.03 Å². The van der Waals surface area contributed by atoms with Crippen LogP contribution in [0.2, 0.25) is 0 Å². The highest BCUT2D eigenvalue weighted by atomic mass is 16.5. The normalized spacial score (nSPS) is 19.7. The van der Waals surface area contributed by atoms with Gasteiger partial charge in [-0.3, -0.25) is 9.69 Å².